The number of ether oxygens (including phenoxy) is 3. The van der Waals surface area contributed by atoms with Crippen LogP contribution in [0.1, 0.15) is 9.75 Å². The van der Waals surface area contributed by atoms with Crippen LogP contribution < -0.4 is 9.47 Å². The summed E-state index contributed by atoms with van der Waals surface area (Å²) in [6.07, 6.45) is -0.224. The first kappa shape index (κ1) is 12.7. The molecule has 0 aliphatic carbocycles. The van der Waals surface area contributed by atoms with Gasteiger partial charge in [0.25, 0.3) is 0 Å². The molecule has 0 saturated heterocycles. The fraction of sp³-hybridized carbons (Fsp3) is 0.545. The highest BCUT2D eigenvalue weighted by Gasteiger charge is 2.27. The first-order valence-corrected chi connectivity index (χ1v) is 7.16. The van der Waals surface area contributed by atoms with Gasteiger partial charge in [-0.1, -0.05) is 15.9 Å². The summed E-state index contributed by atoms with van der Waals surface area (Å²) in [7, 11) is 0. The molecule has 0 N–H and O–H groups in total. The normalized spacial score (nSPS) is 17.9. The molecule has 0 spiro atoms. The SMILES string of the molecule is Cc1sc(C)c2c1OCC(COC(=O)CBr)O2. The van der Waals surface area contributed by atoms with Crippen LogP contribution in [0.2, 0.25) is 0 Å². The topological polar surface area (TPSA) is 44.8 Å². The average Bonchev–Trinajstić information content (AvgIpc) is 2.62. The van der Waals surface area contributed by atoms with Crippen molar-refractivity contribution in [3.8, 4) is 11.5 Å². The van der Waals surface area contributed by atoms with Gasteiger partial charge >= 0.3 is 5.97 Å². The third kappa shape index (κ3) is 2.74. The number of hydrogen-bond donors (Lipinski definition) is 0. The molecule has 0 bridgehead atoms. The molecular formula is C11H13BrO4S. The second-order valence-electron chi connectivity index (χ2n) is 3.74. The highest BCUT2D eigenvalue weighted by atomic mass is 79.9. The van der Waals surface area contributed by atoms with Gasteiger partial charge in [0.15, 0.2) is 17.6 Å². The number of alkyl halides is 1. The Morgan fingerprint density at radius 3 is 2.88 bits per heavy atom. The van der Waals surface area contributed by atoms with Crippen molar-refractivity contribution in [3.05, 3.63) is 9.75 Å². The summed E-state index contributed by atoms with van der Waals surface area (Å²) in [4.78, 5) is 13.2. The Labute approximate surface area is 112 Å². The van der Waals surface area contributed by atoms with Crippen molar-refractivity contribution in [3.63, 3.8) is 0 Å². The second-order valence-corrected chi connectivity index (χ2v) is 5.73. The third-order valence-electron chi connectivity index (χ3n) is 2.39. The smallest absolute Gasteiger partial charge is 0.316 e. The van der Waals surface area contributed by atoms with Crippen LogP contribution in [0.15, 0.2) is 0 Å². The maximum Gasteiger partial charge on any atom is 0.316 e. The van der Waals surface area contributed by atoms with Gasteiger partial charge in [0.05, 0.1) is 0 Å². The number of carbonyl (C=O) groups excluding carboxylic acids is 1. The lowest BCUT2D eigenvalue weighted by atomic mass is 10.3. The summed E-state index contributed by atoms with van der Waals surface area (Å²) < 4.78 is 16.4. The van der Waals surface area contributed by atoms with Gasteiger partial charge < -0.3 is 14.2 Å². The van der Waals surface area contributed by atoms with E-state index in [0.29, 0.717) is 6.61 Å². The van der Waals surface area contributed by atoms with Gasteiger partial charge in [0.1, 0.15) is 18.5 Å². The summed E-state index contributed by atoms with van der Waals surface area (Å²) in [6, 6.07) is 0. The van der Waals surface area contributed by atoms with Crippen molar-refractivity contribution in [1.82, 2.24) is 0 Å². The van der Waals surface area contributed by atoms with Crippen LogP contribution in [0.3, 0.4) is 0 Å². The maximum atomic E-state index is 11.0. The van der Waals surface area contributed by atoms with Crippen molar-refractivity contribution in [1.29, 1.82) is 0 Å². The molecule has 2 rings (SSSR count). The Bertz CT molecular complexity index is 429. The lowest BCUT2D eigenvalue weighted by Gasteiger charge is -2.25. The third-order valence-corrected chi connectivity index (χ3v) is 3.83. The van der Waals surface area contributed by atoms with Gasteiger partial charge in [-0.2, -0.15) is 0 Å². The minimum absolute atomic E-state index is 0.197. The number of carbonyl (C=O) groups is 1. The second kappa shape index (κ2) is 5.27. The van der Waals surface area contributed by atoms with Gasteiger partial charge in [-0.3, -0.25) is 4.79 Å². The van der Waals surface area contributed by atoms with Crippen LogP contribution in [0.25, 0.3) is 0 Å². The molecule has 1 aromatic rings. The van der Waals surface area contributed by atoms with E-state index in [0.717, 1.165) is 21.3 Å². The van der Waals surface area contributed by atoms with Gasteiger partial charge in [-0.25, -0.2) is 0 Å². The van der Waals surface area contributed by atoms with E-state index in [2.05, 4.69) is 15.9 Å². The predicted molar refractivity (Wildman–Crippen MR) is 68.5 cm³/mol. The monoisotopic (exact) mass is 320 g/mol. The molecule has 0 fully saturated rings. The first-order valence-electron chi connectivity index (χ1n) is 5.23. The Balaban J connectivity index is 1.99. The van der Waals surface area contributed by atoms with Gasteiger partial charge in [0.2, 0.25) is 0 Å². The first-order chi connectivity index (χ1) is 8.11. The Morgan fingerprint density at radius 2 is 2.18 bits per heavy atom. The van der Waals surface area contributed by atoms with E-state index in [-0.39, 0.29) is 24.0 Å². The van der Waals surface area contributed by atoms with Crippen LogP contribution in [0.4, 0.5) is 0 Å². The number of aryl methyl sites for hydroxylation is 2. The van der Waals surface area contributed by atoms with Crippen molar-refractivity contribution in [2.24, 2.45) is 0 Å². The van der Waals surface area contributed by atoms with E-state index >= 15 is 0 Å². The highest BCUT2D eigenvalue weighted by Crippen LogP contribution is 2.43. The maximum absolute atomic E-state index is 11.0. The van der Waals surface area contributed by atoms with Crippen LogP contribution in [0, 0.1) is 13.8 Å². The van der Waals surface area contributed by atoms with Gasteiger partial charge in [0, 0.05) is 9.75 Å². The number of halogens is 1. The Morgan fingerprint density at radius 1 is 1.47 bits per heavy atom. The molecule has 4 nitrogen and oxygen atoms in total. The van der Waals surface area contributed by atoms with Crippen LogP contribution in [-0.2, 0) is 9.53 Å². The molecule has 94 valence electrons. The van der Waals surface area contributed by atoms with Crippen LogP contribution in [-0.4, -0.2) is 30.6 Å². The van der Waals surface area contributed by atoms with Gasteiger partial charge in [-0.05, 0) is 13.8 Å². The number of esters is 1. The molecule has 0 aromatic carbocycles. The molecule has 0 amide bonds. The summed E-state index contributed by atoms with van der Waals surface area (Å²) >= 11 is 4.69. The molecule has 1 atom stereocenters. The molecule has 2 heterocycles. The molecule has 1 aliphatic rings. The molecule has 1 unspecified atom stereocenters. The van der Waals surface area contributed by atoms with Crippen LogP contribution in [0.5, 0.6) is 11.5 Å². The molecule has 1 aliphatic heterocycles. The van der Waals surface area contributed by atoms with Gasteiger partial charge in [-0.15, -0.1) is 11.3 Å². The lowest BCUT2D eigenvalue weighted by Crippen LogP contribution is -2.34. The molecular weight excluding hydrogens is 308 g/mol. The summed E-state index contributed by atoms with van der Waals surface area (Å²) in [5.74, 6) is 1.33. The summed E-state index contributed by atoms with van der Waals surface area (Å²) in [5.41, 5.74) is 0. The van der Waals surface area contributed by atoms with E-state index < -0.39 is 0 Å². The van der Waals surface area contributed by atoms with E-state index in [1.54, 1.807) is 11.3 Å². The molecule has 17 heavy (non-hydrogen) atoms. The zero-order valence-corrected chi connectivity index (χ0v) is 12.0. The highest BCUT2D eigenvalue weighted by molar-refractivity contribution is 9.09. The van der Waals surface area contributed by atoms with E-state index in [1.165, 1.54) is 0 Å². The summed E-state index contributed by atoms with van der Waals surface area (Å²) in [6.45, 7) is 4.63. The lowest BCUT2D eigenvalue weighted by molar-refractivity contribution is -0.143. The number of rotatable bonds is 3. The Kier molecular flexibility index (Phi) is 3.93. The average molecular weight is 321 g/mol. The molecule has 0 radical (unpaired) electrons. The number of thiophene rings is 1. The fourth-order valence-corrected chi connectivity index (χ4v) is 2.73. The van der Waals surface area contributed by atoms with E-state index in [9.17, 15) is 4.79 Å². The van der Waals surface area contributed by atoms with Crippen molar-refractivity contribution in [2.75, 3.05) is 18.5 Å². The fourth-order valence-electron chi connectivity index (χ4n) is 1.63. The van der Waals surface area contributed by atoms with E-state index in [4.69, 9.17) is 14.2 Å². The largest absolute Gasteiger partial charge is 0.485 e. The number of hydrogen-bond acceptors (Lipinski definition) is 5. The zero-order chi connectivity index (χ0) is 12.4. The number of fused-ring (bicyclic) bond motifs is 1. The minimum atomic E-state index is -0.294. The Hall–Kier alpha value is -0.750. The standard InChI is InChI=1S/C11H13BrO4S/c1-6-10-11(7(2)17-6)16-8(5-15-10)4-14-9(13)3-12/h8H,3-5H2,1-2H3. The predicted octanol–water partition coefficient (Wildman–Crippen LogP) is 2.44. The minimum Gasteiger partial charge on any atom is -0.485 e. The van der Waals surface area contributed by atoms with Crippen molar-refractivity contribution in [2.45, 2.75) is 20.0 Å². The quantitative estimate of drug-likeness (QED) is 0.634. The molecule has 0 saturated carbocycles. The molecule has 1 aromatic heterocycles. The summed E-state index contributed by atoms with van der Waals surface area (Å²) in [5, 5.41) is 0.197. The van der Waals surface area contributed by atoms with Crippen molar-refractivity contribution < 1.29 is 19.0 Å². The zero-order valence-electron chi connectivity index (χ0n) is 9.62. The molecule has 6 heteroatoms. The van der Waals surface area contributed by atoms with Crippen molar-refractivity contribution >= 4 is 33.2 Å². The van der Waals surface area contributed by atoms with Crippen LogP contribution >= 0.6 is 27.3 Å². The van der Waals surface area contributed by atoms with E-state index in [1.807, 2.05) is 13.8 Å².